The zero-order valence-corrected chi connectivity index (χ0v) is 29.6. The Morgan fingerprint density at radius 1 is 0.683 bits per heavy atom. The number of halogens is 6. The monoisotopic (exact) mass is 818 g/mol. The van der Waals surface area contributed by atoms with Crippen molar-refractivity contribution >= 4 is 50.0 Å². The van der Waals surface area contributed by atoms with Gasteiger partial charge in [0.15, 0.2) is 0 Å². The van der Waals surface area contributed by atoms with Crippen LogP contribution >= 0.6 is 19.9 Å². The number of benzene rings is 2. The Kier molecular flexibility index (Phi) is 15.7. The largest absolute Gasteiger partial charge is 0 e. The Balaban J connectivity index is 0.000000432. The molecule has 1 radical (unpaired) electrons. The van der Waals surface area contributed by atoms with Crippen molar-refractivity contribution in [2.45, 2.75) is 88.2 Å². The van der Waals surface area contributed by atoms with Crippen molar-refractivity contribution in [3.8, 4) is 0 Å². The molecule has 2 atom stereocenters. The van der Waals surface area contributed by atoms with Crippen LogP contribution in [0.15, 0.2) is 85.0 Å². The van der Waals surface area contributed by atoms with Crippen LogP contribution in [0.25, 0.3) is 0 Å². The minimum atomic E-state index is -11.2. The summed E-state index contributed by atoms with van der Waals surface area (Å²) in [6.45, 7) is 6.96. The van der Waals surface area contributed by atoms with Crippen LogP contribution in [0.3, 0.4) is 0 Å². The summed E-state index contributed by atoms with van der Waals surface area (Å²) in [5.41, 5.74) is 0. The molecular formula is C30H41F6OPRhSSb-. The van der Waals surface area contributed by atoms with Crippen molar-refractivity contribution in [1.82, 2.24) is 0 Å². The summed E-state index contributed by atoms with van der Waals surface area (Å²) in [6.07, 6.45) is 19.4. The summed E-state index contributed by atoms with van der Waals surface area (Å²) in [5, 5.41) is 3.23. The van der Waals surface area contributed by atoms with Gasteiger partial charge in [0.2, 0.25) is 0 Å². The van der Waals surface area contributed by atoms with E-state index in [9.17, 15) is 16.9 Å². The third-order valence-corrected chi connectivity index (χ3v) is 9.27. The van der Waals surface area contributed by atoms with Gasteiger partial charge in [0.05, 0.1) is 14.3 Å². The van der Waals surface area contributed by atoms with Gasteiger partial charge in [-0.3, -0.25) is 0 Å². The van der Waals surface area contributed by atoms with E-state index in [0.29, 0.717) is 11.4 Å². The molecule has 0 N–H and O–H groups in total. The maximum absolute atomic E-state index is 11.2. The zero-order chi connectivity index (χ0) is 29.8. The molecule has 1 saturated carbocycles. The van der Waals surface area contributed by atoms with Gasteiger partial charge in [-0.25, -0.2) is 0 Å². The van der Waals surface area contributed by atoms with E-state index in [4.69, 9.17) is 4.52 Å². The van der Waals surface area contributed by atoms with Crippen molar-refractivity contribution in [2.75, 3.05) is 0 Å². The summed E-state index contributed by atoms with van der Waals surface area (Å²) >= 11 is -9.15. The van der Waals surface area contributed by atoms with Crippen molar-refractivity contribution in [3.63, 3.8) is 0 Å². The second kappa shape index (κ2) is 16.7. The van der Waals surface area contributed by atoms with Gasteiger partial charge in [-0.05, 0) is 38.5 Å². The van der Waals surface area contributed by atoms with Gasteiger partial charge in [-0.1, -0.05) is 119 Å². The smallest absolute Gasteiger partial charge is 0 e. The fraction of sp³-hybridized carbons (Fsp3) is 0.467. The number of allylic oxidation sites excluding steroid dienone is 4. The number of thioether (sulfide) groups is 1. The van der Waals surface area contributed by atoms with E-state index >= 15 is 0 Å². The first-order chi connectivity index (χ1) is 18.5. The van der Waals surface area contributed by atoms with Crippen molar-refractivity contribution in [1.29, 1.82) is 0 Å². The van der Waals surface area contributed by atoms with E-state index in [1.165, 1.54) is 62.0 Å². The van der Waals surface area contributed by atoms with Crippen LogP contribution in [0.2, 0.25) is 0 Å². The molecule has 0 amide bonds. The molecule has 235 valence electrons. The maximum Gasteiger partial charge on any atom is 0 e. The summed E-state index contributed by atoms with van der Waals surface area (Å²) in [4.78, 5) is 0. The summed E-state index contributed by atoms with van der Waals surface area (Å²) < 4.78 is 66.7. The molecule has 11 heteroatoms. The molecule has 0 spiro atoms. The molecule has 41 heavy (non-hydrogen) atoms. The quantitative estimate of drug-likeness (QED) is 0.129. The van der Waals surface area contributed by atoms with Crippen LogP contribution < -0.4 is 10.6 Å². The molecule has 0 saturated heterocycles. The van der Waals surface area contributed by atoms with Crippen LogP contribution in [0.1, 0.15) is 72.1 Å². The van der Waals surface area contributed by atoms with Gasteiger partial charge in [0.25, 0.3) is 0 Å². The van der Waals surface area contributed by atoms with Crippen LogP contribution in [0.4, 0.5) is 16.9 Å². The van der Waals surface area contributed by atoms with Crippen LogP contribution in [-0.2, 0) is 24.0 Å². The minimum Gasteiger partial charge on any atom is 0 e. The fourth-order valence-electron chi connectivity index (χ4n) is 4.16. The Bertz CT molecular complexity index is 987. The fourth-order valence-corrected chi connectivity index (χ4v) is 7.73. The Labute approximate surface area is 262 Å². The number of hydrogen-bond acceptors (Lipinski definition) is 2. The van der Waals surface area contributed by atoms with Gasteiger partial charge in [-0.15, -0.1) is 11.8 Å². The molecule has 0 aromatic heterocycles. The first-order valence-corrected chi connectivity index (χ1v) is 21.5. The second-order valence-electron chi connectivity index (χ2n) is 10.7. The van der Waals surface area contributed by atoms with Crippen LogP contribution in [-0.4, -0.2) is 35.6 Å². The first kappa shape index (κ1) is 38.7. The average molecular weight is 819 g/mol. The van der Waals surface area contributed by atoms with E-state index in [2.05, 4.69) is 118 Å². The third kappa shape index (κ3) is 21.1. The molecule has 1 fully saturated rings. The Morgan fingerprint density at radius 2 is 1.05 bits per heavy atom. The predicted octanol–water partition coefficient (Wildman–Crippen LogP) is 10.7. The van der Waals surface area contributed by atoms with Crippen molar-refractivity contribution in [2.24, 2.45) is 0 Å². The molecule has 0 bridgehead atoms. The minimum absolute atomic E-state index is 0. The summed E-state index contributed by atoms with van der Waals surface area (Å²) in [5.74, 6) is 0. The molecular weight excluding hydrogens is 778 g/mol. The molecule has 0 heterocycles. The molecule has 2 aromatic rings. The normalized spacial score (nSPS) is 22.5. The topological polar surface area (TPSA) is 9.23 Å². The molecule has 1 nitrogen and oxygen atoms in total. The van der Waals surface area contributed by atoms with Gasteiger partial charge < -0.3 is 4.52 Å². The molecule has 2 aliphatic rings. The Morgan fingerprint density at radius 3 is 1.41 bits per heavy atom. The SMILES string of the molecule is C1=C\CC/C=C\CC/1.CC(C)(C)S[C@H]1CCCC[C@@H]1OP(c1ccccc1)c1ccccc1.[F][Sb-]([F])([F])([F])([F])[F].[Rh]. The number of rotatable bonds is 5. The third-order valence-electron chi connectivity index (χ3n) is 5.70. The van der Waals surface area contributed by atoms with E-state index in [0.717, 1.165) is 0 Å². The summed E-state index contributed by atoms with van der Waals surface area (Å²) in [7, 11) is -0.755. The molecule has 4 rings (SSSR count). The van der Waals surface area contributed by atoms with Crippen LogP contribution in [0.5, 0.6) is 0 Å². The molecule has 2 aliphatic carbocycles. The average Bonchev–Trinajstić information content (AvgIpc) is 2.82. The predicted molar refractivity (Wildman–Crippen MR) is 163 cm³/mol. The standard InChI is InChI=1S/C22H29OPS.C8H12.6FH.Rh.Sb/c1-22(2,3)25-21-17-11-10-16-20(21)23-24(18-12-6-4-7-13-18)19-14-8-5-9-15-19;1-2-4-6-8-7-5-3-1;;;;;;;;/h4-9,12-15,20-21H,10-11,16-17H2,1-3H3;1-2,7-8H,3-6H2;6*1H;;/q;;;;;;;;;+5/p-6/b;2-1-,8-7-;;;;;;;;/t20-,21-;;;;;;;;;/m0........./s1. The molecule has 0 aliphatic heterocycles. The molecule has 2 aromatic carbocycles. The first-order valence-electron chi connectivity index (χ1n) is 13.6. The Hall–Kier alpha value is -0.318. The van der Waals surface area contributed by atoms with Crippen LogP contribution in [0, 0.1) is 0 Å². The molecule has 0 unspecified atom stereocenters. The van der Waals surface area contributed by atoms with E-state index < -0.39 is 27.6 Å². The van der Waals surface area contributed by atoms with Crippen molar-refractivity contribution < 1.29 is 40.9 Å². The summed E-state index contributed by atoms with van der Waals surface area (Å²) in [6, 6.07) is 21.5. The van der Waals surface area contributed by atoms with Gasteiger partial charge in [0, 0.05) is 40.1 Å². The zero-order valence-electron chi connectivity index (χ0n) is 23.7. The van der Waals surface area contributed by atoms with Crippen molar-refractivity contribution in [3.05, 3.63) is 85.0 Å². The van der Waals surface area contributed by atoms with Gasteiger partial charge in [-0.2, -0.15) is 0 Å². The second-order valence-corrected chi connectivity index (χ2v) is 20.1. The maximum atomic E-state index is 9.93. The van der Waals surface area contributed by atoms with E-state index in [1.54, 1.807) is 0 Å². The van der Waals surface area contributed by atoms with E-state index in [1.807, 2.05) is 0 Å². The van der Waals surface area contributed by atoms with Gasteiger partial charge >= 0.3 is 36.4 Å². The van der Waals surface area contributed by atoms with E-state index in [-0.39, 0.29) is 24.2 Å². The number of hydrogen-bond donors (Lipinski definition) is 0. The van der Waals surface area contributed by atoms with Gasteiger partial charge in [0.1, 0.15) is 0 Å².